The number of likely N-dealkylation sites (tertiary alicyclic amines) is 1. The molecule has 1 heterocycles. The molecule has 1 aliphatic rings. The van der Waals surface area contributed by atoms with E-state index in [0.29, 0.717) is 0 Å². The number of nitrogens with zero attached hydrogens (tertiary/aromatic N) is 1. The normalized spacial score (nSPS) is 21.0. The van der Waals surface area contributed by atoms with Gasteiger partial charge in [-0.25, -0.2) is 0 Å². The summed E-state index contributed by atoms with van der Waals surface area (Å²) in [6, 6.07) is 0. The van der Waals surface area contributed by atoms with E-state index in [1.165, 1.54) is 6.54 Å². The molecule has 1 saturated heterocycles. The number of nitrogens with one attached hydrogen (secondary N) is 1. The summed E-state index contributed by atoms with van der Waals surface area (Å²) in [5.74, 6) is 0.752. The van der Waals surface area contributed by atoms with Crippen LogP contribution in [-0.2, 0) is 4.74 Å². The van der Waals surface area contributed by atoms with Crippen LogP contribution in [0.1, 0.15) is 26.7 Å². The molecule has 0 bridgehead atoms. The summed E-state index contributed by atoms with van der Waals surface area (Å²) in [5.41, 5.74) is 6.09. The van der Waals surface area contributed by atoms with E-state index >= 15 is 0 Å². The van der Waals surface area contributed by atoms with Crippen molar-refractivity contribution in [2.75, 3.05) is 46.4 Å². The standard InChI is InChI=1S/C13H29N3O/c1-12(2)10-16-7-4-13(11-14,5-8-16)15-6-9-17-3/h12,15H,4-11,14H2,1-3H3. The van der Waals surface area contributed by atoms with Crippen molar-refractivity contribution < 1.29 is 4.74 Å². The number of nitrogens with two attached hydrogens (primary N) is 1. The first-order chi connectivity index (χ1) is 8.12. The molecule has 0 aliphatic carbocycles. The Bertz CT molecular complexity index is 201. The van der Waals surface area contributed by atoms with Crippen molar-refractivity contribution in [3.05, 3.63) is 0 Å². The number of rotatable bonds is 7. The minimum absolute atomic E-state index is 0.145. The molecule has 0 aromatic carbocycles. The number of methoxy groups -OCH3 is 1. The van der Waals surface area contributed by atoms with Crippen LogP contribution < -0.4 is 11.1 Å². The van der Waals surface area contributed by atoms with Crippen molar-refractivity contribution in [2.24, 2.45) is 11.7 Å². The molecule has 4 nitrogen and oxygen atoms in total. The topological polar surface area (TPSA) is 50.5 Å². The van der Waals surface area contributed by atoms with Crippen LogP contribution in [0.5, 0.6) is 0 Å². The maximum atomic E-state index is 5.95. The Hall–Kier alpha value is -0.160. The molecule has 17 heavy (non-hydrogen) atoms. The molecule has 102 valence electrons. The zero-order valence-electron chi connectivity index (χ0n) is 11.7. The van der Waals surface area contributed by atoms with E-state index in [0.717, 1.165) is 51.5 Å². The highest BCUT2D eigenvalue weighted by Gasteiger charge is 2.32. The summed E-state index contributed by atoms with van der Waals surface area (Å²) in [6.07, 6.45) is 2.31. The summed E-state index contributed by atoms with van der Waals surface area (Å²) in [7, 11) is 1.74. The maximum Gasteiger partial charge on any atom is 0.0587 e. The lowest BCUT2D eigenvalue weighted by atomic mass is 9.87. The van der Waals surface area contributed by atoms with Gasteiger partial charge in [-0.15, -0.1) is 0 Å². The van der Waals surface area contributed by atoms with Gasteiger partial charge >= 0.3 is 0 Å². The molecule has 3 N–H and O–H groups in total. The van der Waals surface area contributed by atoms with E-state index in [2.05, 4.69) is 24.1 Å². The average molecular weight is 243 g/mol. The lowest BCUT2D eigenvalue weighted by Gasteiger charge is -2.42. The van der Waals surface area contributed by atoms with Gasteiger partial charge in [-0.05, 0) is 31.8 Å². The first-order valence-electron chi connectivity index (χ1n) is 6.78. The molecule has 4 heteroatoms. The third-order valence-electron chi connectivity index (χ3n) is 3.63. The number of ether oxygens (including phenoxy) is 1. The Balaban J connectivity index is 2.34. The van der Waals surface area contributed by atoms with Crippen molar-refractivity contribution >= 4 is 0 Å². The smallest absolute Gasteiger partial charge is 0.0587 e. The van der Waals surface area contributed by atoms with Crippen molar-refractivity contribution in [3.8, 4) is 0 Å². The van der Waals surface area contributed by atoms with Crippen LogP contribution in [-0.4, -0.2) is 56.9 Å². The summed E-state index contributed by atoms with van der Waals surface area (Å²) in [4.78, 5) is 2.55. The second kappa shape index (κ2) is 7.31. The molecule has 0 aromatic rings. The molecule has 1 rings (SSSR count). The van der Waals surface area contributed by atoms with Gasteiger partial charge in [0.2, 0.25) is 0 Å². The Labute approximate surface area is 106 Å². The van der Waals surface area contributed by atoms with E-state index < -0.39 is 0 Å². The molecule has 0 radical (unpaired) electrons. The Kier molecular flexibility index (Phi) is 6.41. The summed E-state index contributed by atoms with van der Waals surface area (Å²) in [5, 5.41) is 3.58. The van der Waals surface area contributed by atoms with Gasteiger partial charge < -0.3 is 20.7 Å². The molecular formula is C13H29N3O. The summed E-state index contributed by atoms with van der Waals surface area (Å²) < 4.78 is 5.08. The van der Waals surface area contributed by atoms with E-state index in [1.54, 1.807) is 7.11 Å². The fourth-order valence-corrected chi connectivity index (χ4v) is 2.55. The lowest BCUT2D eigenvalue weighted by Crippen LogP contribution is -2.58. The molecule has 0 atom stereocenters. The summed E-state index contributed by atoms with van der Waals surface area (Å²) >= 11 is 0. The number of piperidine rings is 1. The van der Waals surface area contributed by atoms with Gasteiger partial charge in [0.25, 0.3) is 0 Å². The van der Waals surface area contributed by atoms with Crippen LogP contribution in [0.2, 0.25) is 0 Å². The fraction of sp³-hybridized carbons (Fsp3) is 1.00. The Morgan fingerprint density at radius 1 is 1.35 bits per heavy atom. The highest BCUT2D eigenvalue weighted by atomic mass is 16.5. The van der Waals surface area contributed by atoms with Gasteiger partial charge in [-0.2, -0.15) is 0 Å². The first kappa shape index (κ1) is 14.9. The minimum Gasteiger partial charge on any atom is -0.383 e. The van der Waals surface area contributed by atoms with Crippen LogP contribution in [0.4, 0.5) is 0 Å². The largest absolute Gasteiger partial charge is 0.383 e. The van der Waals surface area contributed by atoms with E-state index in [1.807, 2.05) is 0 Å². The van der Waals surface area contributed by atoms with Crippen LogP contribution in [0.15, 0.2) is 0 Å². The maximum absolute atomic E-state index is 5.95. The molecule has 0 spiro atoms. The number of hydrogen-bond acceptors (Lipinski definition) is 4. The van der Waals surface area contributed by atoms with Crippen LogP contribution in [0, 0.1) is 5.92 Å². The van der Waals surface area contributed by atoms with Gasteiger partial charge in [-0.3, -0.25) is 0 Å². The predicted molar refractivity (Wildman–Crippen MR) is 72.2 cm³/mol. The van der Waals surface area contributed by atoms with Gasteiger partial charge in [0.1, 0.15) is 0 Å². The highest BCUT2D eigenvalue weighted by molar-refractivity contribution is 4.94. The van der Waals surface area contributed by atoms with Gasteiger partial charge in [0.05, 0.1) is 6.61 Å². The molecule has 0 unspecified atom stereocenters. The van der Waals surface area contributed by atoms with Crippen molar-refractivity contribution in [1.82, 2.24) is 10.2 Å². The molecule has 1 fully saturated rings. The van der Waals surface area contributed by atoms with Gasteiger partial charge in [0.15, 0.2) is 0 Å². The third kappa shape index (κ3) is 4.92. The number of hydrogen-bond donors (Lipinski definition) is 2. The zero-order chi connectivity index (χ0) is 12.7. The average Bonchev–Trinajstić information content (AvgIpc) is 2.31. The third-order valence-corrected chi connectivity index (χ3v) is 3.63. The Morgan fingerprint density at radius 2 is 2.00 bits per heavy atom. The van der Waals surface area contributed by atoms with Gasteiger partial charge in [0, 0.05) is 32.3 Å². The summed E-state index contributed by atoms with van der Waals surface area (Å²) in [6.45, 7) is 10.5. The molecule has 1 aliphatic heterocycles. The fourth-order valence-electron chi connectivity index (χ4n) is 2.55. The Morgan fingerprint density at radius 3 is 2.47 bits per heavy atom. The minimum atomic E-state index is 0.145. The lowest BCUT2D eigenvalue weighted by molar-refractivity contribution is 0.117. The van der Waals surface area contributed by atoms with Crippen molar-refractivity contribution in [1.29, 1.82) is 0 Å². The van der Waals surface area contributed by atoms with Crippen LogP contribution in [0.3, 0.4) is 0 Å². The van der Waals surface area contributed by atoms with E-state index in [4.69, 9.17) is 10.5 Å². The first-order valence-corrected chi connectivity index (χ1v) is 6.78. The zero-order valence-corrected chi connectivity index (χ0v) is 11.7. The monoisotopic (exact) mass is 243 g/mol. The molecule has 0 saturated carbocycles. The van der Waals surface area contributed by atoms with Crippen molar-refractivity contribution in [2.45, 2.75) is 32.2 Å². The second-order valence-corrected chi connectivity index (χ2v) is 5.60. The second-order valence-electron chi connectivity index (χ2n) is 5.60. The van der Waals surface area contributed by atoms with Crippen molar-refractivity contribution in [3.63, 3.8) is 0 Å². The van der Waals surface area contributed by atoms with Gasteiger partial charge in [-0.1, -0.05) is 13.8 Å². The quantitative estimate of drug-likeness (QED) is 0.645. The highest BCUT2D eigenvalue weighted by Crippen LogP contribution is 2.21. The molecule has 0 aromatic heterocycles. The SMILES string of the molecule is COCCNC1(CN)CCN(CC(C)C)CC1. The molecular weight excluding hydrogens is 214 g/mol. The van der Waals surface area contributed by atoms with Crippen LogP contribution >= 0.6 is 0 Å². The predicted octanol–water partition coefficient (Wildman–Crippen LogP) is 0.672. The van der Waals surface area contributed by atoms with E-state index in [9.17, 15) is 0 Å². The van der Waals surface area contributed by atoms with Crippen LogP contribution in [0.25, 0.3) is 0 Å². The molecule has 0 amide bonds. The van der Waals surface area contributed by atoms with E-state index in [-0.39, 0.29) is 5.54 Å².